The van der Waals surface area contributed by atoms with Crippen LogP contribution in [0, 0.1) is 11.3 Å². The van der Waals surface area contributed by atoms with Gasteiger partial charge in [0, 0.05) is 31.7 Å². The number of guanidine groups is 1. The number of aliphatic imine (C=N–C) groups is 1. The highest BCUT2D eigenvalue weighted by Gasteiger charge is 2.34. The van der Waals surface area contributed by atoms with Crippen LogP contribution in [0.4, 0.5) is 0 Å². The quantitative estimate of drug-likeness (QED) is 0.324. The van der Waals surface area contributed by atoms with Crippen LogP contribution in [0.25, 0.3) is 0 Å². The number of nitrogens with one attached hydrogen (secondary N) is 2. The second kappa shape index (κ2) is 11.5. The van der Waals surface area contributed by atoms with E-state index in [1.807, 2.05) is 0 Å². The molecule has 6 heteroatoms. The highest BCUT2D eigenvalue weighted by atomic mass is 127. The summed E-state index contributed by atoms with van der Waals surface area (Å²) in [5, 5.41) is 15.9. The van der Waals surface area contributed by atoms with Crippen LogP contribution < -0.4 is 10.6 Å². The van der Waals surface area contributed by atoms with Crippen molar-refractivity contribution in [2.75, 3.05) is 39.5 Å². The number of nitrogens with zero attached hydrogens (tertiary/aromatic N) is 1. The Morgan fingerprint density at radius 3 is 2.67 bits per heavy atom. The predicted octanol–water partition coefficient (Wildman–Crippen LogP) is 1.99. The summed E-state index contributed by atoms with van der Waals surface area (Å²) in [5.41, 5.74) is 0.0230. The van der Waals surface area contributed by atoms with Crippen LogP contribution in [0.3, 0.4) is 0 Å². The summed E-state index contributed by atoms with van der Waals surface area (Å²) in [6, 6.07) is 0. The molecule has 5 nitrogen and oxygen atoms in total. The molecule has 1 aliphatic rings. The summed E-state index contributed by atoms with van der Waals surface area (Å²) >= 11 is 0. The highest BCUT2D eigenvalue weighted by Crippen LogP contribution is 2.32. The summed E-state index contributed by atoms with van der Waals surface area (Å²) in [6.07, 6.45) is 2.89. The lowest BCUT2D eigenvalue weighted by molar-refractivity contribution is 0.131. The Labute approximate surface area is 146 Å². The van der Waals surface area contributed by atoms with Gasteiger partial charge in [-0.25, -0.2) is 0 Å². The third-order valence-corrected chi connectivity index (χ3v) is 3.76. The number of hydrogen-bond acceptors (Lipinski definition) is 3. The van der Waals surface area contributed by atoms with Gasteiger partial charge in [-0.2, -0.15) is 0 Å². The fourth-order valence-corrected chi connectivity index (χ4v) is 2.36. The monoisotopic (exact) mass is 413 g/mol. The smallest absolute Gasteiger partial charge is 0.191 e. The van der Waals surface area contributed by atoms with Gasteiger partial charge in [-0.1, -0.05) is 13.8 Å². The molecular formula is C15H32IN3O2. The molecule has 0 aromatic carbocycles. The second-order valence-corrected chi connectivity index (χ2v) is 6.08. The second-order valence-electron chi connectivity index (χ2n) is 6.08. The Balaban J connectivity index is 0.00000400. The number of aliphatic hydroxyl groups is 1. The fourth-order valence-electron chi connectivity index (χ4n) is 2.36. The van der Waals surface area contributed by atoms with Gasteiger partial charge in [0.05, 0.1) is 13.2 Å². The molecule has 0 bridgehead atoms. The molecule has 0 spiro atoms. The molecule has 1 unspecified atom stereocenters. The lowest BCUT2D eigenvalue weighted by Crippen LogP contribution is -2.39. The molecule has 1 atom stereocenters. The summed E-state index contributed by atoms with van der Waals surface area (Å²) in [6.45, 7) is 10.7. The summed E-state index contributed by atoms with van der Waals surface area (Å²) < 4.78 is 5.50. The van der Waals surface area contributed by atoms with Crippen molar-refractivity contribution >= 4 is 29.9 Å². The van der Waals surface area contributed by atoms with Crippen molar-refractivity contribution in [3.8, 4) is 0 Å². The summed E-state index contributed by atoms with van der Waals surface area (Å²) in [4.78, 5) is 4.69. The molecule has 0 aromatic rings. The van der Waals surface area contributed by atoms with E-state index < -0.39 is 0 Å². The van der Waals surface area contributed by atoms with Gasteiger partial charge >= 0.3 is 0 Å². The Morgan fingerprint density at radius 2 is 2.14 bits per heavy atom. The molecule has 1 rings (SSSR count). The van der Waals surface area contributed by atoms with Crippen LogP contribution in [0.1, 0.15) is 40.0 Å². The van der Waals surface area contributed by atoms with E-state index in [1.54, 1.807) is 0 Å². The number of hydrogen-bond donors (Lipinski definition) is 3. The fraction of sp³-hybridized carbons (Fsp3) is 0.933. The van der Waals surface area contributed by atoms with E-state index in [2.05, 4.69) is 36.4 Å². The number of aliphatic hydroxyl groups excluding tert-OH is 1. The minimum absolute atomic E-state index is 0. The third kappa shape index (κ3) is 8.21. The molecule has 0 radical (unpaired) electrons. The Bertz CT molecular complexity index is 293. The maximum Gasteiger partial charge on any atom is 0.191 e. The zero-order valence-electron chi connectivity index (χ0n) is 13.7. The molecule has 0 aliphatic carbocycles. The van der Waals surface area contributed by atoms with Crippen molar-refractivity contribution < 1.29 is 9.84 Å². The van der Waals surface area contributed by atoms with E-state index in [9.17, 15) is 5.11 Å². The Morgan fingerprint density at radius 1 is 1.38 bits per heavy atom. The van der Waals surface area contributed by atoms with E-state index in [0.29, 0.717) is 19.1 Å². The number of ether oxygens (including phenoxy) is 1. The molecule has 1 saturated heterocycles. The first-order valence-electron chi connectivity index (χ1n) is 7.82. The van der Waals surface area contributed by atoms with Gasteiger partial charge in [0.2, 0.25) is 0 Å². The van der Waals surface area contributed by atoms with Crippen LogP contribution in [0.5, 0.6) is 0 Å². The average Bonchev–Trinajstić information content (AvgIpc) is 2.85. The van der Waals surface area contributed by atoms with Gasteiger partial charge < -0.3 is 20.5 Å². The van der Waals surface area contributed by atoms with Crippen LogP contribution in [0.15, 0.2) is 4.99 Å². The van der Waals surface area contributed by atoms with E-state index in [1.165, 1.54) is 0 Å². The highest BCUT2D eigenvalue weighted by molar-refractivity contribution is 14.0. The zero-order valence-corrected chi connectivity index (χ0v) is 16.0. The minimum Gasteiger partial charge on any atom is -0.396 e. The molecule has 0 amide bonds. The maximum absolute atomic E-state index is 9.23. The molecule has 126 valence electrons. The van der Waals surface area contributed by atoms with Gasteiger partial charge in [0.15, 0.2) is 5.96 Å². The van der Waals surface area contributed by atoms with Crippen LogP contribution >= 0.6 is 24.0 Å². The van der Waals surface area contributed by atoms with Gasteiger partial charge in [-0.3, -0.25) is 4.99 Å². The van der Waals surface area contributed by atoms with Gasteiger partial charge in [-0.05, 0) is 32.1 Å². The first-order chi connectivity index (χ1) is 9.62. The topological polar surface area (TPSA) is 65.9 Å². The predicted molar refractivity (Wildman–Crippen MR) is 98.4 cm³/mol. The number of halogens is 1. The average molecular weight is 413 g/mol. The normalized spacial score (nSPS) is 22.2. The minimum atomic E-state index is 0. The molecule has 0 saturated carbocycles. The van der Waals surface area contributed by atoms with Crippen molar-refractivity contribution in [1.82, 2.24) is 10.6 Å². The van der Waals surface area contributed by atoms with Crippen LogP contribution in [-0.2, 0) is 4.74 Å². The van der Waals surface area contributed by atoms with Crippen molar-refractivity contribution in [3.05, 3.63) is 0 Å². The lowest BCUT2D eigenvalue weighted by Gasteiger charge is -2.25. The SMILES string of the molecule is CCNC(=NCC1(CCO)CCOC1)NCCC(C)C.I. The van der Waals surface area contributed by atoms with Crippen molar-refractivity contribution in [2.45, 2.75) is 40.0 Å². The van der Waals surface area contributed by atoms with Crippen LogP contribution in [-0.4, -0.2) is 50.5 Å². The van der Waals surface area contributed by atoms with E-state index in [-0.39, 0.29) is 36.0 Å². The first-order valence-corrected chi connectivity index (χ1v) is 7.82. The molecule has 1 heterocycles. The largest absolute Gasteiger partial charge is 0.396 e. The first kappa shape index (κ1) is 20.9. The molecular weight excluding hydrogens is 381 g/mol. The zero-order chi connectivity index (χ0) is 14.8. The Kier molecular flexibility index (Phi) is 11.4. The molecule has 3 N–H and O–H groups in total. The van der Waals surface area contributed by atoms with Crippen LogP contribution in [0.2, 0.25) is 0 Å². The summed E-state index contributed by atoms with van der Waals surface area (Å²) in [7, 11) is 0. The molecule has 1 fully saturated rings. The maximum atomic E-state index is 9.23. The van der Waals surface area contributed by atoms with E-state index in [4.69, 9.17) is 4.74 Å². The molecule has 21 heavy (non-hydrogen) atoms. The van der Waals surface area contributed by atoms with Crippen molar-refractivity contribution in [3.63, 3.8) is 0 Å². The van der Waals surface area contributed by atoms with E-state index >= 15 is 0 Å². The molecule has 1 aliphatic heterocycles. The summed E-state index contributed by atoms with van der Waals surface area (Å²) in [5.74, 6) is 1.56. The third-order valence-electron chi connectivity index (χ3n) is 3.76. The van der Waals surface area contributed by atoms with Crippen molar-refractivity contribution in [2.24, 2.45) is 16.3 Å². The van der Waals surface area contributed by atoms with Crippen molar-refractivity contribution in [1.29, 1.82) is 0 Å². The molecule has 0 aromatic heterocycles. The standard InChI is InChI=1S/C15H31N3O2.HI/c1-4-16-14(17-8-5-13(2)3)18-11-15(6-9-19)7-10-20-12-15;/h13,19H,4-12H2,1-3H3,(H2,16,17,18);1H. The lowest BCUT2D eigenvalue weighted by atomic mass is 9.84. The van der Waals surface area contributed by atoms with Gasteiger partial charge in [0.1, 0.15) is 0 Å². The van der Waals surface area contributed by atoms with E-state index in [0.717, 1.165) is 44.9 Å². The van der Waals surface area contributed by atoms with Gasteiger partial charge in [-0.15, -0.1) is 24.0 Å². The Hall–Kier alpha value is -0.0800. The van der Waals surface area contributed by atoms with Gasteiger partial charge in [0.25, 0.3) is 0 Å². The number of rotatable bonds is 8.